The summed E-state index contributed by atoms with van der Waals surface area (Å²) in [5.74, 6) is -0.0236. The van der Waals surface area contributed by atoms with Gasteiger partial charge in [-0.05, 0) is 54.5 Å². The van der Waals surface area contributed by atoms with Crippen molar-refractivity contribution >= 4 is 16.8 Å². The summed E-state index contributed by atoms with van der Waals surface area (Å²) < 4.78 is 0. The number of benzene rings is 2. The highest BCUT2D eigenvalue weighted by atomic mass is 16.2. The average Bonchev–Trinajstić information content (AvgIpc) is 2.64. The molecule has 0 radical (unpaired) electrons. The number of fused-ring (bicyclic) bond motifs is 1. The summed E-state index contributed by atoms with van der Waals surface area (Å²) in [4.78, 5) is 29.3. The maximum Gasteiger partial charge on any atom is 0.253 e. The lowest BCUT2D eigenvalue weighted by atomic mass is 10.1. The molecule has 1 aromatic heterocycles. The first kappa shape index (κ1) is 18.9. The third-order valence-corrected chi connectivity index (χ3v) is 4.95. The van der Waals surface area contributed by atoms with Crippen LogP contribution in [0.4, 0.5) is 0 Å². The van der Waals surface area contributed by atoms with Crippen LogP contribution in [0.1, 0.15) is 36.1 Å². The lowest BCUT2D eigenvalue weighted by Gasteiger charge is -2.21. The number of aromatic amines is 1. The molecule has 0 spiro atoms. The second kappa shape index (κ2) is 8.21. The summed E-state index contributed by atoms with van der Waals surface area (Å²) in [6, 6.07) is 16.3. The fourth-order valence-electron chi connectivity index (χ4n) is 3.32. The van der Waals surface area contributed by atoms with Crippen molar-refractivity contribution in [2.45, 2.75) is 40.2 Å². The molecule has 0 saturated carbocycles. The Morgan fingerprint density at radius 1 is 1.07 bits per heavy atom. The molecule has 140 valence electrons. The van der Waals surface area contributed by atoms with E-state index in [1.165, 1.54) is 16.7 Å². The maximum absolute atomic E-state index is 12.5. The van der Waals surface area contributed by atoms with Crippen molar-refractivity contribution in [1.82, 2.24) is 9.88 Å². The molecule has 0 atom stereocenters. The van der Waals surface area contributed by atoms with Gasteiger partial charge in [-0.2, -0.15) is 0 Å². The second-order valence-corrected chi connectivity index (χ2v) is 7.08. The van der Waals surface area contributed by atoms with Crippen molar-refractivity contribution in [3.8, 4) is 0 Å². The molecule has 27 heavy (non-hydrogen) atoms. The van der Waals surface area contributed by atoms with Gasteiger partial charge in [0.05, 0.1) is 6.54 Å². The van der Waals surface area contributed by atoms with Gasteiger partial charge in [0.25, 0.3) is 5.56 Å². The van der Waals surface area contributed by atoms with E-state index in [1.54, 1.807) is 11.8 Å². The van der Waals surface area contributed by atoms with Gasteiger partial charge in [0, 0.05) is 24.5 Å². The molecule has 4 heteroatoms. The number of H-pyrrole nitrogens is 1. The van der Waals surface area contributed by atoms with Crippen LogP contribution in [0.25, 0.3) is 10.9 Å². The first-order valence-electron chi connectivity index (χ1n) is 9.42. The summed E-state index contributed by atoms with van der Waals surface area (Å²) in [5.41, 5.74) is 4.95. The van der Waals surface area contributed by atoms with Crippen LogP contribution in [0.2, 0.25) is 0 Å². The first-order valence-corrected chi connectivity index (χ1v) is 9.42. The van der Waals surface area contributed by atoms with Crippen LogP contribution in [0.5, 0.6) is 0 Å². The van der Waals surface area contributed by atoms with Gasteiger partial charge in [-0.3, -0.25) is 9.59 Å². The average molecular weight is 362 g/mol. The van der Waals surface area contributed by atoms with Gasteiger partial charge in [0.15, 0.2) is 0 Å². The van der Waals surface area contributed by atoms with Crippen LogP contribution in [0.15, 0.2) is 53.3 Å². The Balaban J connectivity index is 1.82. The fraction of sp³-hybridized carbons (Fsp3) is 0.304. The number of nitrogens with one attached hydrogen (secondary N) is 1. The van der Waals surface area contributed by atoms with Crippen LogP contribution < -0.4 is 5.56 Å². The molecule has 0 aliphatic heterocycles. The van der Waals surface area contributed by atoms with E-state index >= 15 is 0 Å². The minimum absolute atomic E-state index is 0.0236. The maximum atomic E-state index is 12.5. The Morgan fingerprint density at radius 3 is 2.59 bits per heavy atom. The van der Waals surface area contributed by atoms with Crippen LogP contribution in [0, 0.1) is 6.92 Å². The van der Waals surface area contributed by atoms with Crippen LogP contribution in [0.3, 0.4) is 0 Å². The molecule has 0 fully saturated rings. The standard InChI is InChI=1S/C23H26N2O2/c1-4-18-8-9-22-20(13-18)14-21(23(27)24-22)15-25(17(3)26)11-10-19-7-5-6-16(2)12-19/h5-9,12-14H,4,10-11,15H2,1-3H3,(H,24,27). The van der Waals surface area contributed by atoms with Gasteiger partial charge >= 0.3 is 0 Å². The van der Waals surface area contributed by atoms with Crippen molar-refractivity contribution in [2.75, 3.05) is 6.54 Å². The van der Waals surface area contributed by atoms with Crippen molar-refractivity contribution in [3.63, 3.8) is 0 Å². The SMILES string of the molecule is CCc1ccc2[nH]c(=O)c(CN(CCc3cccc(C)c3)C(C)=O)cc2c1. The van der Waals surface area contributed by atoms with E-state index in [1.807, 2.05) is 24.3 Å². The van der Waals surface area contributed by atoms with E-state index < -0.39 is 0 Å². The monoisotopic (exact) mass is 362 g/mol. The molecular weight excluding hydrogens is 336 g/mol. The highest BCUT2D eigenvalue weighted by molar-refractivity contribution is 5.80. The van der Waals surface area contributed by atoms with Crippen molar-refractivity contribution in [3.05, 3.63) is 81.1 Å². The third kappa shape index (κ3) is 4.64. The summed E-state index contributed by atoms with van der Waals surface area (Å²) in [6.45, 7) is 6.64. The highest BCUT2D eigenvalue weighted by Gasteiger charge is 2.13. The number of amides is 1. The molecule has 3 rings (SSSR count). The van der Waals surface area contributed by atoms with Gasteiger partial charge < -0.3 is 9.88 Å². The molecule has 1 N–H and O–H groups in total. The Bertz CT molecular complexity index is 1020. The molecule has 4 nitrogen and oxygen atoms in total. The normalized spacial score (nSPS) is 10.9. The van der Waals surface area contributed by atoms with E-state index in [4.69, 9.17) is 0 Å². The van der Waals surface area contributed by atoms with Crippen molar-refractivity contribution < 1.29 is 4.79 Å². The van der Waals surface area contributed by atoms with Gasteiger partial charge in [0.2, 0.25) is 5.91 Å². The fourth-order valence-corrected chi connectivity index (χ4v) is 3.32. The minimum atomic E-state index is -0.131. The number of aryl methyl sites for hydroxylation is 2. The summed E-state index contributed by atoms with van der Waals surface area (Å²) in [6.07, 6.45) is 1.72. The number of aromatic nitrogens is 1. The summed E-state index contributed by atoms with van der Waals surface area (Å²) in [7, 11) is 0. The molecular formula is C23H26N2O2. The summed E-state index contributed by atoms with van der Waals surface area (Å²) >= 11 is 0. The second-order valence-electron chi connectivity index (χ2n) is 7.08. The first-order chi connectivity index (χ1) is 13.0. The number of rotatable bonds is 6. The number of carbonyl (C=O) groups is 1. The zero-order valence-corrected chi connectivity index (χ0v) is 16.2. The Kier molecular flexibility index (Phi) is 5.75. The van der Waals surface area contributed by atoms with Crippen LogP contribution in [-0.2, 0) is 24.2 Å². The predicted octanol–water partition coefficient (Wildman–Crippen LogP) is 3.99. The Hall–Kier alpha value is -2.88. The van der Waals surface area contributed by atoms with E-state index in [0.29, 0.717) is 18.7 Å². The van der Waals surface area contributed by atoms with Crippen LogP contribution >= 0.6 is 0 Å². The largest absolute Gasteiger partial charge is 0.338 e. The Labute approximate surface area is 159 Å². The van der Waals surface area contributed by atoms with Crippen molar-refractivity contribution in [1.29, 1.82) is 0 Å². The van der Waals surface area contributed by atoms with E-state index in [2.05, 4.69) is 43.1 Å². The topological polar surface area (TPSA) is 53.2 Å². The van der Waals surface area contributed by atoms with Crippen molar-refractivity contribution in [2.24, 2.45) is 0 Å². The number of carbonyl (C=O) groups excluding carboxylic acids is 1. The molecule has 0 unspecified atom stereocenters. The lowest BCUT2D eigenvalue weighted by molar-refractivity contribution is -0.129. The van der Waals surface area contributed by atoms with E-state index in [0.717, 1.165) is 23.7 Å². The molecule has 3 aromatic rings. The van der Waals surface area contributed by atoms with E-state index in [-0.39, 0.29) is 11.5 Å². The zero-order chi connectivity index (χ0) is 19.4. The number of hydrogen-bond donors (Lipinski definition) is 1. The van der Waals surface area contributed by atoms with E-state index in [9.17, 15) is 9.59 Å². The zero-order valence-electron chi connectivity index (χ0n) is 16.2. The van der Waals surface area contributed by atoms with Crippen LogP contribution in [-0.4, -0.2) is 22.3 Å². The molecule has 0 aliphatic rings. The van der Waals surface area contributed by atoms with Gasteiger partial charge in [0.1, 0.15) is 0 Å². The lowest BCUT2D eigenvalue weighted by Crippen LogP contribution is -2.32. The highest BCUT2D eigenvalue weighted by Crippen LogP contribution is 2.15. The third-order valence-electron chi connectivity index (χ3n) is 4.95. The number of nitrogens with zero attached hydrogens (tertiary/aromatic N) is 1. The van der Waals surface area contributed by atoms with Gasteiger partial charge in [-0.1, -0.05) is 42.8 Å². The molecule has 0 saturated heterocycles. The Morgan fingerprint density at radius 2 is 1.89 bits per heavy atom. The van der Waals surface area contributed by atoms with Gasteiger partial charge in [-0.15, -0.1) is 0 Å². The smallest absolute Gasteiger partial charge is 0.253 e. The number of pyridine rings is 1. The number of hydrogen-bond acceptors (Lipinski definition) is 2. The molecule has 1 amide bonds. The molecule has 0 aliphatic carbocycles. The molecule has 2 aromatic carbocycles. The predicted molar refractivity (Wildman–Crippen MR) is 110 cm³/mol. The summed E-state index contributed by atoms with van der Waals surface area (Å²) in [5, 5.41) is 1.01. The molecule has 1 heterocycles. The minimum Gasteiger partial charge on any atom is -0.338 e. The quantitative estimate of drug-likeness (QED) is 0.721. The molecule has 0 bridgehead atoms. The van der Waals surface area contributed by atoms with Gasteiger partial charge in [-0.25, -0.2) is 0 Å².